The average Bonchev–Trinajstić information content (AvgIpc) is 2.17. The molecule has 74 valence electrons. The Labute approximate surface area is 82.8 Å². The molecule has 0 saturated carbocycles. The number of ether oxygens (including phenoxy) is 1. The molecule has 0 spiro atoms. The third kappa shape index (κ3) is 2.99. The van der Waals surface area contributed by atoms with Crippen LogP contribution in [0.25, 0.3) is 0 Å². The molecule has 5 heteroatoms. The van der Waals surface area contributed by atoms with E-state index < -0.39 is 0 Å². The Morgan fingerprint density at radius 2 is 2.36 bits per heavy atom. The molecule has 0 atom stereocenters. The van der Waals surface area contributed by atoms with Crippen LogP contribution < -0.4 is 5.32 Å². The van der Waals surface area contributed by atoms with E-state index in [-0.39, 0.29) is 0 Å². The number of nitriles is 1. The van der Waals surface area contributed by atoms with Crippen LogP contribution in [0.3, 0.4) is 0 Å². The number of nitrogens with one attached hydrogen (secondary N) is 1. The lowest BCUT2D eigenvalue weighted by Crippen LogP contribution is -2.10. The summed E-state index contributed by atoms with van der Waals surface area (Å²) >= 11 is 0. The number of rotatable bonds is 4. The minimum Gasteiger partial charge on any atom is -0.383 e. The normalized spacial score (nSPS) is 9.50. The van der Waals surface area contributed by atoms with E-state index in [1.807, 2.05) is 6.07 Å². The summed E-state index contributed by atoms with van der Waals surface area (Å²) in [6.45, 7) is 3.02. The molecule has 0 bridgehead atoms. The molecule has 0 fully saturated rings. The molecule has 1 aromatic rings. The first-order valence-corrected chi connectivity index (χ1v) is 4.25. The van der Waals surface area contributed by atoms with E-state index in [4.69, 9.17) is 10.00 Å². The number of anilines is 1. The number of methoxy groups -OCH3 is 1. The van der Waals surface area contributed by atoms with E-state index in [0.717, 1.165) is 0 Å². The van der Waals surface area contributed by atoms with Crippen molar-refractivity contribution in [3.8, 4) is 6.07 Å². The highest BCUT2D eigenvalue weighted by Gasteiger charge is 1.99. The van der Waals surface area contributed by atoms with Crippen LogP contribution in [0, 0.1) is 18.3 Å². The molecule has 0 aliphatic carbocycles. The second-order valence-corrected chi connectivity index (χ2v) is 2.72. The summed E-state index contributed by atoms with van der Waals surface area (Å²) in [5.41, 5.74) is 0.373. The van der Waals surface area contributed by atoms with Crippen molar-refractivity contribution in [2.75, 3.05) is 25.6 Å². The Kier molecular flexibility index (Phi) is 3.83. The summed E-state index contributed by atoms with van der Waals surface area (Å²) < 4.78 is 4.88. The second kappa shape index (κ2) is 5.14. The zero-order valence-corrected chi connectivity index (χ0v) is 8.24. The van der Waals surface area contributed by atoms with Crippen LogP contribution in [-0.4, -0.2) is 30.2 Å². The molecule has 1 aromatic heterocycles. The van der Waals surface area contributed by atoms with E-state index in [0.29, 0.717) is 30.5 Å². The molecule has 1 rings (SSSR count). The van der Waals surface area contributed by atoms with Gasteiger partial charge < -0.3 is 10.1 Å². The molecule has 0 radical (unpaired) electrons. The van der Waals surface area contributed by atoms with Crippen molar-refractivity contribution < 1.29 is 4.74 Å². The predicted molar refractivity (Wildman–Crippen MR) is 51.8 cm³/mol. The lowest BCUT2D eigenvalue weighted by molar-refractivity contribution is 0.210. The summed E-state index contributed by atoms with van der Waals surface area (Å²) in [7, 11) is 1.63. The van der Waals surface area contributed by atoms with Crippen LogP contribution >= 0.6 is 0 Å². The van der Waals surface area contributed by atoms with Crippen LogP contribution in [0.15, 0.2) is 6.07 Å². The Hall–Kier alpha value is -1.67. The average molecular weight is 192 g/mol. The van der Waals surface area contributed by atoms with Crippen molar-refractivity contribution in [3.05, 3.63) is 17.6 Å². The van der Waals surface area contributed by atoms with Crippen molar-refractivity contribution in [1.82, 2.24) is 9.97 Å². The first kappa shape index (κ1) is 10.4. The SMILES string of the molecule is COCCNc1cc(C#N)nc(C)n1. The summed E-state index contributed by atoms with van der Waals surface area (Å²) in [5.74, 6) is 1.25. The summed E-state index contributed by atoms with van der Waals surface area (Å²) in [6, 6.07) is 3.59. The van der Waals surface area contributed by atoms with Crippen molar-refractivity contribution in [2.45, 2.75) is 6.92 Å². The fourth-order valence-corrected chi connectivity index (χ4v) is 0.997. The first-order chi connectivity index (χ1) is 6.76. The minimum absolute atomic E-state index is 0.373. The van der Waals surface area contributed by atoms with Gasteiger partial charge in [0.15, 0.2) is 0 Å². The van der Waals surface area contributed by atoms with Crippen molar-refractivity contribution in [1.29, 1.82) is 5.26 Å². The van der Waals surface area contributed by atoms with Crippen LogP contribution in [0.2, 0.25) is 0 Å². The molecular weight excluding hydrogens is 180 g/mol. The monoisotopic (exact) mass is 192 g/mol. The maximum atomic E-state index is 8.67. The van der Waals surface area contributed by atoms with E-state index in [1.165, 1.54) is 0 Å². The largest absolute Gasteiger partial charge is 0.383 e. The molecule has 0 aliphatic heterocycles. The standard InChI is InChI=1S/C9H12N4O/c1-7-12-8(6-10)5-9(13-7)11-3-4-14-2/h5H,3-4H2,1-2H3,(H,11,12,13). The van der Waals surface area contributed by atoms with Gasteiger partial charge in [-0.1, -0.05) is 0 Å². The molecule has 0 aromatic carbocycles. The van der Waals surface area contributed by atoms with Gasteiger partial charge in [-0.3, -0.25) is 0 Å². The van der Waals surface area contributed by atoms with Gasteiger partial charge in [0.25, 0.3) is 0 Å². The summed E-state index contributed by atoms with van der Waals surface area (Å²) in [6.07, 6.45) is 0. The maximum absolute atomic E-state index is 8.67. The molecule has 5 nitrogen and oxygen atoms in total. The first-order valence-electron chi connectivity index (χ1n) is 4.25. The lowest BCUT2D eigenvalue weighted by Gasteiger charge is -2.05. The molecule has 14 heavy (non-hydrogen) atoms. The van der Waals surface area contributed by atoms with E-state index in [9.17, 15) is 0 Å². The Balaban J connectivity index is 2.68. The molecular formula is C9H12N4O. The van der Waals surface area contributed by atoms with E-state index in [2.05, 4.69) is 15.3 Å². The zero-order chi connectivity index (χ0) is 10.4. The third-order valence-corrected chi connectivity index (χ3v) is 1.56. The molecule has 0 amide bonds. The highest BCUT2D eigenvalue weighted by Crippen LogP contribution is 2.04. The summed E-state index contributed by atoms with van der Waals surface area (Å²) in [5, 5.41) is 11.7. The highest BCUT2D eigenvalue weighted by molar-refractivity contribution is 5.39. The van der Waals surface area contributed by atoms with E-state index >= 15 is 0 Å². The van der Waals surface area contributed by atoms with Crippen molar-refractivity contribution in [2.24, 2.45) is 0 Å². The summed E-state index contributed by atoms with van der Waals surface area (Å²) in [4.78, 5) is 8.06. The van der Waals surface area contributed by atoms with Gasteiger partial charge in [0.2, 0.25) is 0 Å². The zero-order valence-electron chi connectivity index (χ0n) is 8.24. The molecule has 1 heterocycles. The fraction of sp³-hybridized carbons (Fsp3) is 0.444. The quantitative estimate of drug-likeness (QED) is 0.711. The fourth-order valence-electron chi connectivity index (χ4n) is 0.997. The van der Waals surface area contributed by atoms with Gasteiger partial charge in [-0.05, 0) is 6.92 Å². The van der Waals surface area contributed by atoms with Crippen LogP contribution in [0.4, 0.5) is 5.82 Å². The van der Waals surface area contributed by atoms with Gasteiger partial charge in [0.05, 0.1) is 6.61 Å². The van der Waals surface area contributed by atoms with Gasteiger partial charge in [-0.25, -0.2) is 9.97 Å². The van der Waals surface area contributed by atoms with Crippen molar-refractivity contribution in [3.63, 3.8) is 0 Å². The molecule has 0 unspecified atom stereocenters. The van der Waals surface area contributed by atoms with Gasteiger partial charge in [-0.15, -0.1) is 0 Å². The number of nitrogens with zero attached hydrogens (tertiary/aromatic N) is 3. The van der Waals surface area contributed by atoms with Crippen LogP contribution in [-0.2, 0) is 4.74 Å². The molecule has 0 saturated heterocycles. The number of hydrogen-bond acceptors (Lipinski definition) is 5. The van der Waals surface area contributed by atoms with Gasteiger partial charge in [0, 0.05) is 19.7 Å². The Bertz CT molecular complexity index is 345. The third-order valence-electron chi connectivity index (χ3n) is 1.56. The molecule has 0 aliphatic rings. The molecule has 1 N–H and O–H groups in total. The number of aryl methyl sites for hydroxylation is 1. The second-order valence-electron chi connectivity index (χ2n) is 2.72. The topological polar surface area (TPSA) is 70.8 Å². The Morgan fingerprint density at radius 1 is 1.57 bits per heavy atom. The van der Waals surface area contributed by atoms with Crippen molar-refractivity contribution >= 4 is 5.82 Å². The number of hydrogen-bond donors (Lipinski definition) is 1. The lowest BCUT2D eigenvalue weighted by atomic mass is 10.4. The number of aromatic nitrogens is 2. The Morgan fingerprint density at radius 3 is 3.00 bits per heavy atom. The maximum Gasteiger partial charge on any atom is 0.146 e. The minimum atomic E-state index is 0.373. The van der Waals surface area contributed by atoms with Crippen LogP contribution in [0.1, 0.15) is 11.5 Å². The van der Waals surface area contributed by atoms with E-state index in [1.54, 1.807) is 20.1 Å². The highest BCUT2D eigenvalue weighted by atomic mass is 16.5. The van der Waals surface area contributed by atoms with Gasteiger partial charge in [0.1, 0.15) is 23.4 Å². The predicted octanol–water partition coefficient (Wildman–Crippen LogP) is 0.715. The van der Waals surface area contributed by atoms with Crippen LogP contribution in [0.5, 0.6) is 0 Å². The van der Waals surface area contributed by atoms with Gasteiger partial charge >= 0.3 is 0 Å². The van der Waals surface area contributed by atoms with Gasteiger partial charge in [-0.2, -0.15) is 5.26 Å². The smallest absolute Gasteiger partial charge is 0.146 e.